The van der Waals surface area contributed by atoms with Gasteiger partial charge in [0.05, 0.1) is 0 Å². The summed E-state index contributed by atoms with van der Waals surface area (Å²) in [5, 5.41) is 2.90. The zero-order valence-electron chi connectivity index (χ0n) is 11.6. The van der Waals surface area contributed by atoms with Gasteiger partial charge in [0.15, 0.2) is 11.5 Å². The molecule has 0 spiro atoms. The first-order valence-corrected chi connectivity index (χ1v) is 7.09. The molecule has 0 saturated heterocycles. The molecule has 1 fully saturated rings. The van der Waals surface area contributed by atoms with Gasteiger partial charge >= 0.3 is 0 Å². The van der Waals surface area contributed by atoms with E-state index >= 15 is 0 Å². The Balaban J connectivity index is 1.76. The van der Waals surface area contributed by atoms with E-state index in [1.807, 2.05) is 25.1 Å². The SMILES string of the molecule is CC(CCN)C(=O)Nc1ccc2oc(C3CC3)nc2c1. The van der Waals surface area contributed by atoms with Crippen LogP contribution in [-0.2, 0) is 4.79 Å². The second-order valence-electron chi connectivity index (χ2n) is 5.48. The summed E-state index contributed by atoms with van der Waals surface area (Å²) in [6.45, 7) is 2.39. The standard InChI is InChI=1S/C15H19N3O2/c1-9(6-7-16)14(19)17-11-4-5-13-12(8-11)18-15(20-13)10-2-3-10/h4-5,8-10H,2-3,6-7,16H2,1H3,(H,17,19). The fraction of sp³-hybridized carbons (Fsp3) is 0.467. The quantitative estimate of drug-likeness (QED) is 0.877. The minimum Gasteiger partial charge on any atom is -0.440 e. The third-order valence-corrected chi connectivity index (χ3v) is 3.65. The Labute approximate surface area is 117 Å². The summed E-state index contributed by atoms with van der Waals surface area (Å²) in [6, 6.07) is 5.56. The number of fused-ring (bicyclic) bond motifs is 1. The van der Waals surface area contributed by atoms with Gasteiger partial charge in [0, 0.05) is 17.5 Å². The van der Waals surface area contributed by atoms with Crippen molar-refractivity contribution in [1.82, 2.24) is 4.98 Å². The molecule has 0 radical (unpaired) electrons. The van der Waals surface area contributed by atoms with Gasteiger partial charge in [-0.25, -0.2) is 4.98 Å². The van der Waals surface area contributed by atoms with E-state index in [1.165, 1.54) is 0 Å². The van der Waals surface area contributed by atoms with E-state index in [2.05, 4.69) is 10.3 Å². The average Bonchev–Trinajstić information content (AvgIpc) is 3.19. The number of hydrogen-bond donors (Lipinski definition) is 2. The van der Waals surface area contributed by atoms with E-state index in [0.717, 1.165) is 35.5 Å². The van der Waals surface area contributed by atoms with Gasteiger partial charge < -0.3 is 15.5 Å². The van der Waals surface area contributed by atoms with Crippen molar-refractivity contribution in [3.8, 4) is 0 Å². The number of hydrogen-bond acceptors (Lipinski definition) is 4. The first-order chi connectivity index (χ1) is 9.67. The Morgan fingerprint density at radius 3 is 3.05 bits per heavy atom. The Hall–Kier alpha value is -1.88. The first kappa shape index (κ1) is 13.1. The van der Waals surface area contributed by atoms with Crippen LogP contribution >= 0.6 is 0 Å². The summed E-state index contributed by atoms with van der Waals surface area (Å²) < 4.78 is 5.70. The maximum Gasteiger partial charge on any atom is 0.227 e. The lowest BCUT2D eigenvalue weighted by atomic mass is 10.1. The van der Waals surface area contributed by atoms with Crippen molar-refractivity contribution in [3.05, 3.63) is 24.1 Å². The van der Waals surface area contributed by atoms with Crippen LogP contribution in [0.5, 0.6) is 0 Å². The van der Waals surface area contributed by atoms with Crippen LogP contribution in [0.15, 0.2) is 22.6 Å². The normalized spacial score (nSPS) is 16.3. The first-order valence-electron chi connectivity index (χ1n) is 7.09. The van der Waals surface area contributed by atoms with Crippen LogP contribution in [0.25, 0.3) is 11.1 Å². The minimum atomic E-state index is -0.0879. The highest BCUT2D eigenvalue weighted by Gasteiger charge is 2.28. The maximum absolute atomic E-state index is 12.0. The molecule has 0 bridgehead atoms. The lowest BCUT2D eigenvalue weighted by molar-refractivity contribution is -0.119. The van der Waals surface area contributed by atoms with E-state index in [9.17, 15) is 4.79 Å². The molecular weight excluding hydrogens is 254 g/mol. The number of oxazole rings is 1. The fourth-order valence-electron chi connectivity index (χ4n) is 2.17. The molecule has 1 amide bonds. The smallest absolute Gasteiger partial charge is 0.227 e. The lowest BCUT2D eigenvalue weighted by Gasteiger charge is -2.10. The van der Waals surface area contributed by atoms with E-state index in [0.29, 0.717) is 18.9 Å². The van der Waals surface area contributed by atoms with E-state index < -0.39 is 0 Å². The van der Waals surface area contributed by atoms with Crippen LogP contribution in [0.4, 0.5) is 5.69 Å². The number of anilines is 1. The van der Waals surface area contributed by atoms with E-state index in [4.69, 9.17) is 10.2 Å². The Morgan fingerprint density at radius 1 is 1.55 bits per heavy atom. The Morgan fingerprint density at radius 2 is 2.35 bits per heavy atom. The van der Waals surface area contributed by atoms with E-state index in [1.54, 1.807) is 0 Å². The molecule has 5 heteroatoms. The molecule has 1 aromatic carbocycles. The third-order valence-electron chi connectivity index (χ3n) is 3.65. The largest absolute Gasteiger partial charge is 0.440 e. The third kappa shape index (κ3) is 2.67. The topological polar surface area (TPSA) is 81.2 Å². The van der Waals surface area contributed by atoms with Crippen molar-refractivity contribution in [2.75, 3.05) is 11.9 Å². The number of nitrogens with one attached hydrogen (secondary N) is 1. The molecule has 1 atom stereocenters. The van der Waals surface area contributed by atoms with Crippen LogP contribution in [0, 0.1) is 5.92 Å². The number of benzene rings is 1. The molecule has 106 valence electrons. The summed E-state index contributed by atoms with van der Waals surface area (Å²) in [5.74, 6) is 1.21. The molecule has 20 heavy (non-hydrogen) atoms. The average molecular weight is 273 g/mol. The van der Waals surface area contributed by atoms with Crippen molar-refractivity contribution in [1.29, 1.82) is 0 Å². The van der Waals surface area contributed by atoms with Gasteiger partial charge in [0.25, 0.3) is 0 Å². The molecule has 2 aromatic rings. The predicted octanol–water partition coefficient (Wildman–Crippen LogP) is 2.63. The fourth-order valence-corrected chi connectivity index (χ4v) is 2.17. The van der Waals surface area contributed by atoms with Crippen LogP contribution < -0.4 is 11.1 Å². The molecule has 5 nitrogen and oxygen atoms in total. The number of nitrogens with zero attached hydrogens (tertiary/aromatic N) is 1. The predicted molar refractivity (Wildman–Crippen MR) is 77.4 cm³/mol. The minimum absolute atomic E-state index is 0.0132. The van der Waals surface area contributed by atoms with Gasteiger partial charge in [-0.1, -0.05) is 6.92 Å². The van der Waals surface area contributed by atoms with Crippen molar-refractivity contribution < 1.29 is 9.21 Å². The number of amides is 1. The highest BCUT2D eigenvalue weighted by molar-refractivity contribution is 5.94. The van der Waals surface area contributed by atoms with Gasteiger partial charge in [0.1, 0.15) is 5.52 Å². The zero-order valence-corrected chi connectivity index (χ0v) is 11.6. The zero-order chi connectivity index (χ0) is 14.1. The molecule has 0 aliphatic heterocycles. The van der Waals surface area contributed by atoms with Crippen molar-refractivity contribution in [2.45, 2.75) is 32.1 Å². The van der Waals surface area contributed by atoms with Gasteiger partial charge in [-0.15, -0.1) is 0 Å². The number of carbonyl (C=O) groups excluding carboxylic acids is 1. The summed E-state index contributed by atoms with van der Waals surface area (Å²) >= 11 is 0. The van der Waals surface area contributed by atoms with Crippen LogP contribution in [0.3, 0.4) is 0 Å². The van der Waals surface area contributed by atoms with Crippen LogP contribution in [0.1, 0.15) is 38.0 Å². The number of carbonyl (C=O) groups is 1. The molecule has 1 heterocycles. The van der Waals surface area contributed by atoms with Gasteiger partial charge in [-0.05, 0) is 44.0 Å². The number of rotatable bonds is 5. The van der Waals surface area contributed by atoms with Crippen LogP contribution in [0.2, 0.25) is 0 Å². The van der Waals surface area contributed by atoms with Gasteiger partial charge in [-0.3, -0.25) is 4.79 Å². The van der Waals surface area contributed by atoms with Gasteiger partial charge in [0.2, 0.25) is 5.91 Å². The molecule has 1 aliphatic carbocycles. The summed E-state index contributed by atoms with van der Waals surface area (Å²) in [4.78, 5) is 16.4. The molecule has 1 aromatic heterocycles. The lowest BCUT2D eigenvalue weighted by Crippen LogP contribution is -2.22. The van der Waals surface area contributed by atoms with E-state index in [-0.39, 0.29) is 11.8 Å². The monoisotopic (exact) mass is 273 g/mol. The second-order valence-corrected chi connectivity index (χ2v) is 5.48. The van der Waals surface area contributed by atoms with Gasteiger partial charge in [-0.2, -0.15) is 0 Å². The highest BCUT2D eigenvalue weighted by Crippen LogP contribution is 2.40. The highest BCUT2D eigenvalue weighted by atomic mass is 16.3. The molecule has 1 aliphatic rings. The number of aromatic nitrogens is 1. The Kier molecular flexibility index (Phi) is 3.44. The molecule has 1 unspecified atom stereocenters. The molecule has 1 saturated carbocycles. The second kappa shape index (κ2) is 5.25. The molecule has 3 rings (SSSR count). The van der Waals surface area contributed by atoms with Crippen molar-refractivity contribution >= 4 is 22.7 Å². The molecular formula is C15H19N3O2. The van der Waals surface area contributed by atoms with Crippen molar-refractivity contribution in [2.24, 2.45) is 11.7 Å². The van der Waals surface area contributed by atoms with Crippen molar-refractivity contribution in [3.63, 3.8) is 0 Å². The number of nitrogens with two attached hydrogens (primary N) is 1. The maximum atomic E-state index is 12.0. The Bertz CT molecular complexity index is 631. The summed E-state index contributed by atoms with van der Waals surface area (Å²) in [5.41, 5.74) is 7.80. The molecule has 3 N–H and O–H groups in total. The summed E-state index contributed by atoms with van der Waals surface area (Å²) in [6.07, 6.45) is 3.00. The van der Waals surface area contributed by atoms with Crippen LogP contribution in [-0.4, -0.2) is 17.4 Å². The summed E-state index contributed by atoms with van der Waals surface area (Å²) in [7, 11) is 0.